The van der Waals surface area contributed by atoms with Gasteiger partial charge in [0.15, 0.2) is 0 Å². The zero-order chi connectivity index (χ0) is 20.6. The molecule has 1 aliphatic rings. The van der Waals surface area contributed by atoms with Crippen molar-refractivity contribution in [1.29, 1.82) is 0 Å². The fourth-order valence-electron chi connectivity index (χ4n) is 3.10. The fraction of sp³-hybridized carbons (Fsp3) is 0.375. The highest BCUT2D eigenvalue weighted by atomic mass is 35.5. The summed E-state index contributed by atoms with van der Waals surface area (Å²) in [5, 5.41) is 14.3. The first-order valence-corrected chi connectivity index (χ1v) is 11.4. The molecule has 10 nitrogen and oxygen atoms in total. The lowest BCUT2D eigenvalue weighted by atomic mass is 10.0. The van der Waals surface area contributed by atoms with Crippen LogP contribution in [0.5, 0.6) is 0 Å². The summed E-state index contributed by atoms with van der Waals surface area (Å²) in [5.74, 6) is -0.366. The van der Waals surface area contributed by atoms with Crippen LogP contribution >= 0.6 is 22.9 Å². The number of nitrogens with zero attached hydrogens (tertiary/aromatic N) is 5. The van der Waals surface area contributed by atoms with Crippen molar-refractivity contribution < 1.29 is 17.6 Å². The average Bonchev–Trinajstić information content (AvgIpc) is 3.43. The van der Waals surface area contributed by atoms with Crippen molar-refractivity contribution in [3.8, 4) is 11.6 Å². The van der Waals surface area contributed by atoms with Crippen LogP contribution in [0.4, 0.5) is 6.01 Å². The van der Waals surface area contributed by atoms with Crippen molar-refractivity contribution in [3.05, 3.63) is 28.7 Å². The van der Waals surface area contributed by atoms with Crippen LogP contribution in [0, 0.1) is 0 Å². The SMILES string of the molecule is Cn1ccc(-c2nnc(NC(=O)C3CCCCN3S(=O)(=O)c3ccc(Cl)s3)o2)n1. The molecule has 3 aromatic rings. The molecule has 4 heterocycles. The normalized spacial score (nSPS) is 18.1. The number of halogens is 1. The van der Waals surface area contributed by atoms with Gasteiger partial charge in [-0.05, 0) is 31.0 Å². The number of piperidine rings is 1. The molecule has 1 unspecified atom stereocenters. The first kappa shape index (κ1) is 20.0. The molecule has 0 saturated carbocycles. The van der Waals surface area contributed by atoms with Crippen LogP contribution in [0.1, 0.15) is 19.3 Å². The topological polar surface area (TPSA) is 123 Å². The lowest BCUT2D eigenvalue weighted by Crippen LogP contribution is -2.49. The summed E-state index contributed by atoms with van der Waals surface area (Å²) in [7, 11) is -2.08. The zero-order valence-electron chi connectivity index (χ0n) is 15.3. The van der Waals surface area contributed by atoms with Crippen LogP contribution in [0.15, 0.2) is 33.0 Å². The van der Waals surface area contributed by atoms with Crippen LogP contribution in [0.3, 0.4) is 0 Å². The number of thiophene rings is 1. The Bertz CT molecular complexity index is 1140. The summed E-state index contributed by atoms with van der Waals surface area (Å²) >= 11 is 6.85. The van der Waals surface area contributed by atoms with E-state index in [9.17, 15) is 13.2 Å². The Morgan fingerprint density at radius 2 is 2.14 bits per heavy atom. The molecule has 0 aromatic carbocycles. The maximum atomic E-state index is 13.0. The number of aromatic nitrogens is 4. The summed E-state index contributed by atoms with van der Waals surface area (Å²) in [6, 6.07) is 3.68. The molecule has 1 N–H and O–H groups in total. The van der Waals surface area contributed by atoms with Gasteiger partial charge in [-0.2, -0.15) is 9.40 Å². The Morgan fingerprint density at radius 3 is 2.83 bits per heavy atom. The molecule has 0 aliphatic carbocycles. The van der Waals surface area contributed by atoms with Crippen LogP contribution < -0.4 is 5.32 Å². The maximum absolute atomic E-state index is 13.0. The number of sulfonamides is 1. The van der Waals surface area contributed by atoms with Gasteiger partial charge in [-0.25, -0.2) is 8.42 Å². The highest BCUT2D eigenvalue weighted by molar-refractivity contribution is 7.91. The Balaban J connectivity index is 1.53. The molecule has 0 spiro atoms. The number of anilines is 1. The summed E-state index contributed by atoms with van der Waals surface area (Å²) in [4.78, 5) is 12.8. The second-order valence-corrected chi connectivity index (χ2v) is 10.3. The number of amides is 1. The fourth-order valence-corrected chi connectivity index (χ4v) is 6.37. The van der Waals surface area contributed by atoms with Gasteiger partial charge in [0.1, 0.15) is 15.9 Å². The van der Waals surface area contributed by atoms with Gasteiger partial charge in [-0.15, -0.1) is 16.4 Å². The van der Waals surface area contributed by atoms with Gasteiger partial charge in [0, 0.05) is 19.8 Å². The van der Waals surface area contributed by atoms with Gasteiger partial charge in [0.25, 0.3) is 15.9 Å². The largest absolute Gasteiger partial charge is 0.401 e. The molecule has 0 radical (unpaired) electrons. The van der Waals surface area contributed by atoms with Crippen molar-refractivity contribution in [3.63, 3.8) is 0 Å². The number of hydrogen-bond donors (Lipinski definition) is 1. The minimum atomic E-state index is -3.84. The molecule has 1 saturated heterocycles. The summed E-state index contributed by atoms with van der Waals surface area (Å²) in [6.07, 6.45) is 3.52. The van der Waals surface area contributed by atoms with E-state index in [4.69, 9.17) is 16.0 Å². The Labute approximate surface area is 175 Å². The molecule has 154 valence electrons. The minimum absolute atomic E-state index is 0.109. The molecule has 1 atom stereocenters. The molecule has 13 heteroatoms. The van der Waals surface area contributed by atoms with E-state index in [1.54, 1.807) is 24.0 Å². The average molecular weight is 457 g/mol. The predicted molar refractivity (Wildman–Crippen MR) is 106 cm³/mol. The second-order valence-electron chi connectivity index (χ2n) is 6.46. The van der Waals surface area contributed by atoms with Gasteiger partial charge >= 0.3 is 6.01 Å². The summed E-state index contributed by atoms with van der Waals surface area (Å²) in [6.45, 7) is 0.249. The van der Waals surface area contributed by atoms with Gasteiger partial charge in [0.05, 0.1) is 4.34 Å². The van der Waals surface area contributed by atoms with Crippen LogP contribution in [0.2, 0.25) is 4.34 Å². The van der Waals surface area contributed by atoms with E-state index < -0.39 is 22.0 Å². The summed E-state index contributed by atoms with van der Waals surface area (Å²) < 4.78 is 34.7. The highest BCUT2D eigenvalue weighted by Crippen LogP contribution is 2.32. The monoisotopic (exact) mass is 456 g/mol. The van der Waals surface area contributed by atoms with Crippen LogP contribution in [-0.4, -0.2) is 51.2 Å². The first-order valence-electron chi connectivity index (χ1n) is 8.76. The molecule has 3 aromatic heterocycles. The number of carbonyl (C=O) groups excluding carboxylic acids is 1. The molecule has 1 aliphatic heterocycles. The smallest absolute Gasteiger partial charge is 0.322 e. The van der Waals surface area contributed by atoms with E-state index in [0.717, 1.165) is 17.8 Å². The second kappa shape index (κ2) is 7.86. The first-order chi connectivity index (χ1) is 13.8. The van der Waals surface area contributed by atoms with Gasteiger partial charge in [-0.3, -0.25) is 14.8 Å². The van der Waals surface area contributed by atoms with E-state index in [1.165, 1.54) is 16.4 Å². The number of carbonyl (C=O) groups is 1. The number of hydrogen-bond acceptors (Lipinski definition) is 8. The molecular formula is C16H17ClN6O4S2. The van der Waals surface area contributed by atoms with E-state index in [0.29, 0.717) is 22.9 Å². The number of rotatable bonds is 5. The zero-order valence-corrected chi connectivity index (χ0v) is 17.7. The maximum Gasteiger partial charge on any atom is 0.322 e. The Hall–Kier alpha value is -2.28. The molecule has 4 rings (SSSR count). The number of nitrogens with one attached hydrogen (secondary N) is 1. The molecule has 1 fully saturated rings. The van der Waals surface area contributed by atoms with Crippen molar-refractivity contribution in [2.75, 3.05) is 11.9 Å². The van der Waals surface area contributed by atoms with E-state index in [1.807, 2.05) is 0 Å². The van der Waals surface area contributed by atoms with E-state index in [-0.39, 0.29) is 22.7 Å². The highest BCUT2D eigenvalue weighted by Gasteiger charge is 2.38. The molecule has 29 heavy (non-hydrogen) atoms. The lowest BCUT2D eigenvalue weighted by Gasteiger charge is -2.32. The van der Waals surface area contributed by atoms with Gasteiger partial charge < -0.3 is 4.42 Å². The Kier molecular flexibility index (Phi) is 5.42. The molecule has 0 bridgehead atoms. The molecular weight excluding hydrogens is 440 g/mol. The minimum Gasteiger partial charge on any atom is -0.401 e. The third kappa shape index (κ3) is 4.06. The van der Waals surface area contributed by atoms with E-state index in [2.05, 4.69) is 20.6 Å². The van der Waals surface area contributed by atoms with Crippen molar-refractivity contribution in [2.45, 2.75) is 29.5 Å². The third-order valence-corrected chi connectivity index (χ3v) is 8.06. The van der Waals surface area contributed by atoms with Crippen LogP contribution in [-0.2, 0) is 21.9 Å². The van der Waals surface area contributed by atoms with Gasteiger partial charge in [0.2, 0.25) is 5.91 Å². The Morgan fingerprint density at radius 1 is 1.31 bits per heavy atom. The van der Waals surface area contributed by atoms with Crippen molar-refractivity contribution in [1.82, 2.24) is 24.3 Å². The van der Waals surface area contributed by atoms with Crippen LogP contribution in [0.25, 0.3) is 11.6 Å². The van der Waals surface area contributed by atoms with Gasteiger partial charge in [-0.1, -0.05) is 23.1 Å². The molecule has 1 amide bonds. The quantitative estimate of drug-likeness (QED) is 0.625. The van der Waals surface area contributed by atoms with Crippen molar-refractivity contribution >= 4 is 44.9 Å². The number of aryl methyl sites for hydroxylation is 1. The van der Waals surface area contributed by atoms with Crippen molar-refractivity contribution in [2.24, 2.45) is 7.05 Å². The third-order valence-electron chi connectivity index (χ3n) is 4.46. The standard InChI is InChI=1S/C16H17ClN6O4S2/c1-22-9-7-10(21-22)15-19-20-16(27-15)18-14(24)11-4-2-3-8-23(11)29(25,26)13-6-5-12(17)28-13/h5-7,9,11H,2-4,8H2,1H3,(H,18,20,24). The predicted octanol–water partition coefficient (Wildman–Crippen LogP) is 2.37. The van der Waals surface area contributed by atoms with E-state index >= 15 is 0 Å². The summed E-state index contributed by atoms with van der Waals surface area (Å²) in [5.41, 5.74) is 0.469. The lowest BCUT2D eigenvalue weighted by molar-refractivity contribution is -0.120.